The third-order valence-corrected chi connectivity index (χ3v) is 1.86. The smallest absolute Gasteiger partial charge is 0.338 e. The molecule has 0 saturated heterocycles. The van der Waals surface area contributed by atoms with E-state index in [1.54, 1.807) is 31.2 Å². The summed E-state index contributed by atoms with van der Waals surface area (Å²) in [6, 6.07) is 6.84. The highest BCUT2D eigenvalue weighted by Gasteiger charge is 2.07. The van der Waals surface area contributed by atoms with Crippen LogP contribution >= 0.6 is 0 Å². The molecule has 0 aliphatic carbocycles. The van der Waals surface area contributed by atoms with Gasteiger partial charge in [0.1, 0.15) is 12.4 Å². The van der Waals surface area contributed by atoms with Crippen molar-refractivity contribution in [2.24, 2.45) is 5.73 Å². The summed E-state index contributed by atoms with van der Waals surface area (Å²) in [5, 5.41) is 0. The fraction of sp³-hybridized carbons (Fsp3) is 0.417. The number of ether oxygens (including phenoxy) is 2. The minimum absolute atomic E-state index is 0.0359. The quantitative estimate of drug-likeness (QED) is 0.770. The number of hydrogen-bond acceptors (Lipinski definition) is 4. The van der Waals surface area contributed by atoms with E-state index in [-0.39, 0.29) is 12.0 Å². The average Bonchev–Trinajstić information content (AvgIpc) is 2.27. The second-order valence-electron chi connectivity index (χ2n) is 3.54. The van der Waals surface area contributed by atoms with Crippen LogP contribution in [0.4, 0.5) is 0 Å². The monoisotopic (exact) mass is 223 g/mol. The van der Waals surface area contributed by atoms with Gasteiger partial charge < -0.3 is 15.2 Å². The van der Waals surface area contributed by atoms with E-state index < -0.39 is 0 Å². The third-order valence-electron chi connectivity index (χ3n) is 1.86. The minimum atomic E-state index is -0.339. The number of carbonyl (C=O) groups is 1. The fourth-order valence-electron chi connectivity index (χ4n) is 1.15. The van der Waals surface area contributed by atoms with E-state index in [0.29, 0.717) is 24.5 Å². The summed E-state index contributed by atoms with van der Waals surface area (Å²) < 4.78 is 10.3. The molecule has 4 nitrogen and oxygen atoms in total. The van der Waals surface area contributed by atoms with Crippen molar-refractivity contribution in [3.05, 3.63) is 29.8 Å². The van der Waals surface area contributed by atoms with Crippen LogP contribution < -0.4 is 10.5 Å². The fourth-order valence-corrected chi connectivity index (χ4v) is 1.15. The molecule has 0 aromatic heterocycles. The number of hydrogen-bond donors (Lipinski definition) is 1. The van der Waals surface area contributed by atoms with E-state index in [0.717, 1.165) is 0 Å². The van der Waals surface area contributed by atoms with E-state index >= 15 is 0 Å². The second kappa shape index (κ2) is 6.12. The van der Waals surface area contributed by atoms with E-state index in [2.05, 4.69) is 0 Å². The Morgan fingerprint density at radius 2 is 2.25 bits per heavy atom. The summed E-state index contributed by atoms with van der Waals surface area (Å²) >= 11 is 0. The van der Waals surface area contributed by atoms with Gasteiger partial charge in [-0.15, -0.1) is 0 Å². The minimum Gasteiger partial charge on any atom is -0.492 e. The summed E-state index contributed by atoms with van der Waals surface area (Å²) in [5.41, 5.74) is 6.06. The Morgan fingerprint density at radius 1 is 1.50 bits per heavy atom. The number of benzene rings is 1. The first-order chi connectivity index (χ1) is 7.63. The molecule has 88 valence electrons. The molecular weight excluding hydrogens is 206 g/mol. The highest BCUT2D eigenvalue weighted by Crippen LogP contribution is 2.14. The number of carbonyl (C=O) groups excluding carboxylic acids is 1. The lowest BCUT2D eigenvalue weighted by molar-refractivity contribution is 0.0526. The first-order valence-corrected chi connectivity index (χ1v) is 5.29. The van der Waals surface area contributed by atoms with Gasteiger partial charge in [-0.1, -0.05) is 6.07 Å². The van der Waals surface area contributed by atoms with Gasteiger partial charge in [0.15, 0.2) is 0 Å². The molecule has 0 spiro atoms. The number of esters is 1. The van der Waals surface area contributed by atoms with Gasteiger partial charge in [-0.05, 0) is 32.0 Å². The molecule has 0 heterocycles. The Labute approximate surface area is 95.3 Å². The largest absolute Gasteiger partial charge is 0.492 e. The van der Waals surface area contributed by atoms with Crippen molar-refractivity contribution in [3.8, 4) is 5.75 Å². The van der Waals surface area contributed by atoms with Crippen molar-refractivity contribution >= 4 is 5.97 Å². The molecule has 0 aliphatic heterocycles. The van der Waals surface area contributed by atoms with Gasteiger partial charge in [0.2, 0.25) is 0 Å². The standard InChI is InChI=1S/C12H17NO3/c1-3-15-12(14)10-5-4-6-11(7-10)16-8-9(2)13/h4-7,9H,3,8,13H2,1-2H3. The molecule has 0 bridgehead atoms. The third kappa shape index (κ3) is 3.90. The van der Waals surface area contributed by atoms with Crippen LogP contribution in [0, 0.1) is 0 Å². The lowest BCUT2D eigenvalue weighted by atomic mass is 10.2. The Hall–Kier alpha value is -1.55. The molecular formula is C12H17NO3. The first-order valence-electron chi connectivity index (χ1n) is 5.29. The lowest BCUT2D eigenvalue weighted by Gasteiger charge is -2.09. The normalized spacial score (nSPS) is 11.9. The molecule has 1 atom stereocenters. The zero-order valence-electron chi connectivity index (χ0n) is 9.60. The predicted octanol–water partition coefficient (Wildman–Crippen LogP) is 1.59. The van der Waals surface area contributed by atoms with Crippen LogP contribution in [-0.2, 0) is 4.74 Å². The zero-order chi connectivity index (χ0) is 12.0. The van der Waals surface area contributed by atoms with Crippen LogP contribution in [0.5, 0.6) is 5.75 Å². The Balaban J connectivity index is 2.67. The highest BCUT2D eigenvalue weighted by molar-refractivity contribution is 5.89. The number of nitrogens with two attached hydrogens (primary N) is 1. The van der Waals surface area contributed by atoms with Crippen LogP contribution in [0.1, 0.15) is 24.2 Å². The van der Waals surface area contributed by atoms with Crippen molar-refractivity contribution in [2.75, 3.05) is 13.2 Å². The molecule has 1 unspecified atom stereocenters. The Bertz CT molecular complexity index is 350. The SMILES string of the molecule is CCOC(=O)c1cccc(OCC(C)N)c1. The van der Waals surface area contributed by atoms with Crippen LogP contribution in [0.2, 0.25) is 0 Å². The summed E-state index contributed by atoms with van der Waals surface area (Å²) in [4.78, 5) is 11.4. The van der Waals surface area contributed by atoms with E-state index in [1.807, 2.05) is 6.92 Å². The van der Waals surface area contributed by atoms with Crippen LogP contribution in [-0.4, -0.2) is 25.2 Å². The summed E-state index contributed by atoms with van der Waals surface area (Å²) in [6.07, 6.45) is 0. The topological polar surface area (TPSA) is 61.5 Å². The Morgan fingerprint density at radius 3 is 2.88 bits per heavy atom. The molecule has 2 N–H and O–H groups in total. The molecule has 0 aliphatic rings. The highest BCUT2D eigenvalue weighted by atomic mass is 16.5. The van der Waals surface area contributed by atoms with Gasteiger partial charge in [0, 0.05) is 6.04 Å². The molecule has 16 heavy (non-hydrogen) atoms. The summed E-state index contributed by atoms with van der Waals surface area (Å²) in [7, 11) is 0. The van der Waals surface area contributed by atoms with Gasteiger partial charge in [-0.25, -0.2) is 4.79 Å². The van der Waals surface area contributed by atoms with Crippen molar-refractivity contribution < 1.29 is 14.3 Å². The predicted molar refractivity (Wildman–Crippen MR) is 61.5 cm³/mol. The molecule has 0 fully saturated rings. The molecule has 0 amide bonds. The van der Waals surface area contributed by atoms with Crippen molar-refractivity contribution in [1.29, 1.82) is 0 Å². The van der Waals surface area contributed by atoms with Crippen molar-refractivity contribution in [1.82, 2.24) is 0 Å². The van der Waals surface area contributed by atoms with Crippen LogP contribution in [0.25, 0.3) is 0 Å². The zero-order valence-corrected chi connectivity index (χ0v) is 9.60. The second-order valence-corrected chi connectivity index (χ2v) is 3.54. The van der Waals surface area contributed by atoms with Crippen LogP contribution in [0.3, 0.4) is 0 Å². The maximum Gasteiger partial charge on any atom is 0.338 e. The first kappa shape index (κ1) is 12.5. The summed E-state index contributed by atoms with van der Waals surface area (Å²) in [5.74, 6) is 0.289. The maximum atomic E-state index is 11.4. The van der Waals surface area contributed by atoms with Crippen LogP contribution in [0.15, 0.2) is 24.3 Å². The molecule has 1 rings (SSSR count). The van der Waals surface area contributed by atoms with Gasteiger partial charge >= 0.3 is 5.97 Å². The molecule has 4 heteroatoms. The molecule has 0 radical (unpaired) electrons. The summed E-state index contributed by atoms with van der Waals surface area (Å²) in [6.45, 7) is 4.42. The van der Waals surface area contributed by atoms with Gasteiger partial charge in [0.05, 0.1) is 12.2 Å². The van der Waals surface area contributed by atoms with E-state index in [9.17, 15) is 4.79 Å². The van der Waals surface area contributed by atoms with E-state index in [4.69, 9.17) is 15.2 Å². The molecule has 1 aromatic carbocycles. The van der Waals surface area contributed by atoms with Gasteiger partial charge in [-0.2, -0.15) is 0 Å². The molecule has 1 aromatic rings. The maximum absolute atomic E-state index is 11.4. The molecule has 0 saturated carbocycles. The van der Waals surface area contributed by atoms with E-state index in [1.165, 1.54) is 0 Å². The van der Waals surface area contributed by atoms with Crippen molar-refractivity contribution in [3.63, 3.8) is 0 Å². The van der Waals surface area contributed by atoms with Gasteiger partial charge in [0.25, 0.3) is 0 Å². The Kier molecular flexibility index (Phi) is 4.79. The lowest BCUT2D eigenvalue weighted by Crippen LogP contribution is -2.23. The number of rotatable bonds is 5. The average molecular weight is 223 g/mol. The van der Waals surface area contributed by atoms with Gasteiger partial charge in [-0.3, -0.25) is 0 Å². The van der Waals surface area contributed by atoms with Crippen molar-refractivity contribution in [2.45, 2.75) is 19.9 Å².